The van der Waals surface area contributed by atoms with Gasteiger partial charge in [-0.25, -0.2) is 0 Å². The van der Waals surface area contributed by atoms with Crippen molar-refractivity contribution in [3.63, 3.8) is 0 Å². The summed E-state index contributed by atoms with van der Waals surface area (Å²) in [4.78, 5) is 12.1. The maximum absolute atomic E-state index is 12.1. The van der Waals surface area contributed by atoms with E-state index in [9.17, 15) is 4.79 Å². The number of amides is 1. The van der Waals surface area contributed by atoms with Crippen molar-refractivity contribution in [3.8, 4) is 11.8 Å². The van der Waals surface area contributed by atoms with Crippen molar-refractivity contribution < 1.29 is 9.90 Å². The molecule has 2 unspecified atom stereocenters. The van der Waals surface area contributed by atoms with Crippen LogP contribution >= 0.6 is 0 Å². The SMILES string of the molecule is CC(NC(=O)C(C)C(C)C)c1ccc(C#CCCO)cc1. The van der Waals surface area contributed by atoms with Gasteiger partial charge in [-0.05, 0) is 30.5 Å². The fourth-order valence-electron chi connectivity index (χ4n) is 1.81. The van der Waals surface area contributed by atoms with E-state index in [0.29, 0.717) is 12.3 Å². The molecular formula is C18H25NO2. The van der Waals surface area contributed by atoms with Gasteiger partial charge < -0.3 is 10.4 Å². The summed E-state index contributed by atoms with van der Waals surface area (Å²) in [7, 11) is 0. The van der Waals surface area contributed by atoms with Crippen LogP contribution in [0.3, 0.4) is 0 Å². The summed E-state index contributed by atoms with van der Waals surface area (Å²) in [5.41, 5.74) is 1.98. The smallest absolute Gasteiger partial charge is 0.223 e. The van der Waals surface area contributed by atoms with Crippen LogP contribution in [0.2, 0.25) is 0 Å². The third-order valence-corrected chi connectivity index (χ3v) is 3.65. The second-order valence-corrected chi connectivity index (χ2v) is 5.66. The van der Waals surface area contributed by atoms with Crippen molar-refractivity contribution in [3.05, 3.63) is 35.4 Å². The third-order valence-electron chi connectivity index (χ3n) is 3.65. The number of carbonyl (C=O) groups is 1. The zero-order chi connectivity index (χ0) is 15.8. The maximum Gasteiger partial charge on any atom is 0.223 e. The van der Waals surface area contributed by atoms with Gasteiger partial charge in [-0.15, -0.1) is 0 Å². The average Bonchev–Trinajstić information content (AvgIpc) is 2.47. The summed E-state index contributed by atoms with van der Waals surface area (Å²) >= 11 is 0. The Morgan fingerprint density at radius 3 is 2.33 bits per heavy atom. The second kappa shape index (κ2) is 8.49. The van der Waals surface area contributed by atoms with Gasteiger partial charge in [-0.1, -0.05) is 44.7 Å². The number of hydrogen-bond acceptors (Lipinski definition) is 2. The monoisotopic (exact) mass is 287 g/mol. The maximum atomic E-state index is 12.1. The van der Waals surface area contributed by atoms with Gasteiger partial charge in [0, 0.05) is 17.9 Å². The fourth-order valence-corrected chi connectivity index (χ4v) is 1.81. The molecule has 0 aliphatic heterocycles. The normalized spacial score (nSPS) is 13.2. The lowest BCUT2D eigenvalue weighted by Gasteiger charge is -2.20. The van der Waals surface area contributed by atoms with Crippen LogP contribution in [0.5, 0.6) is 0 Å². The molecule has 1 amide bonds. The molecule has 0 fully saturated rings. The predicted molar refractivity (Wildman–Crippen MR) is 85.6 cm³/mol. The van der Waals surface area contributed by atoms with Crippen molar-refractivity contribution in [2.24, 2.45) is 11.8 Å². The lowest BCUT2D eigenvalue weighted by atomic mass is 9.96. The zero-order valence-electron chi connectivity index (χ0n) is 13.3. The molecule has 0 heterocycles. The lowest BCUT2D eigenvalue weighted by Crippen LogP contribution is -2.33. The van der Waals surface area contributed by atoms with Gasteiger partial charge in [-0.3, -0.25) is 4.79 Å². The molecule has 1 rings (SSSR count). The van der Waals surface area contributed by atoms with E-state index >= 15 is 0 Å². The van der Waals surface area contributed by atoms with Crippen LogP contribution in [0.1, 0.15) is 51.3 Å². The van der Waals surface area contributed by atoms with Crippen LogP contribution in [-0.2, 0) is 4.79 Å². The summed E-state index contributed by atoms with van der Waals surface area (Å²) in [5.74, 6) is 6.31. The van der Waals surface area contributed by atoms with Gasteiger partial charge in [0.25, 0.3) is 0 Å². The van der Waals surface area contributed by atoms with Gasteiger partial charge in [0.1, 0.15) is 0 Å². The molecule has 2 N–H and O–H groups in total. The minimum Gasteiger partial charge on any atom is -0.395 e. The molecule has 0 aromatic heterocycles. The molecule has 1 aromatic carbocycles. The Labute approximate surface area is 127 Å². The van der Waals surface area contributed by atoms with Crippen LogP contribution in [0.4, 0.5) is 0 Å². The highest BCUT2D eigenvalue weighted by Crippen LogP contribution is 2.16. The van der Waals surface area contributed by atoms with E-state index in [1.54, 1.807) is 0 Å². The van der Waals surface area contributed by atoms with E-state index in [0.717, 1.165) is 11.1 Å². The Morgan fingerprint density at radius 2 is 1.81 bits per heavy atom. The Morgan fingerprint density at radius 1 is 1.19 bits per heavy atom. The standard InChI is InChI=1S/C18H25NO2/c1-13(2)14(3)18(21)19-15(4)17-10-8-16(9-11-17)7-5-6-12-20/h8-11,13-15,20H,6,12H2,1-4H3,(H,19,21). The van der Waals surface area contributed by atoms with Crippen molar-refractivity contribution in [2.45, 2.75) is 40.2 Å². The Kier molecular flexibility index (Phi) is 6.98. The first-order valence-corrected chi connectivity index (χ1v) is 7.45. The van der Waals surface area contributed by atoms with Crippen LogP contribution in [-0.4, -0.2) is 17.6 Å². The van der Waals surface area contributed by atoms with Gasteiger partial charge in [0.05, 0.1) is 12.6 Å². The highest BCUT2D eigenvalue weighted by molar-refractivity contribution is 5.78. The van der Waals surface area contributed by atoms with Crippen molar-refractivity contribution in [1.29, 1.82) is 0 Å². The van der Waals surface area contributed by atoms with Crippen LogP contribution in [0.15, 0.2) is 24.3 Å². The number of aliphatic hydroxyl groups is 1. The number of benzene rings is 1. The third kappa shape index (κ3) is 5.61. The first-order valence-electron chi connectivity index (χ1n) is 7.45. The molecule has 2 atom stereocenters. The molecular weight excluding hydrogens is 262 g/mol. The molecule has 0 radical (unpaired) electrons. The summed E-state index contributed by atoms with van der Waals surface area (Å²) in [5, 5.41) is 11.7. The van der Waals surface area contributed by atoms with E-state index < -0.39 is 0 Å². The molecule has 0 saturated heterocycles. The highest BCUT2D eigenvalue weighted by Gasteiger charge is 2.18. The van der Waals surface area contributed by atoms with Crippen molar-refractivity contribution >= 4 is 5.91 Å². The van der Waals surface area contributed by atoms with E-state index in [1.165, 1.54) is 0 Å². The second-order valence-electron chi connectivity index (χ2n) is 5.66. The molecule has 0 aliphatic rings. The first kappa shape index (κ1) is 17.3. The number of hydrogen-bond donors (Lipinski definition) is 2. The minimum atomic E-state index is -0.0156. The minimum absolute atomic E-state index is 0.0103. The Balaban J connectivity index is 2.65. The topological polar surface area (TPSA) is 49.3 Å². The van der Waals surface area contributed by atoms with Crippen molar-refractivity contribution in [1.82, 2.24) is 5.32 Å². The molecule has 0 bridgehead atoms. The zero-order valence-corrected chi connectivity index (χ0v) is 13.3. The Bertz CT molecular complexity index is 508. The van der Waals surface area contributed by atoms with E-state index in [-0.39, 0.29) is 24.5 Å². The molecule has 0 spiro atoms. The molecule has 21 heavy (non-hydrogen) atoms. The predicted octanol–water partition coefficient (Wildman–Crippen LogP) is 2.89. The van der Waals surface area contributed by atoms with E-state index in [2.05, 4.69) is 31.0 Å². The quantitative estimate of drug-likeness (QED) is 0.818. The molecule has 114 valence electrons. The van der Waals surface area contributed by atoms with Crippen LogP contribution < -0.4 is 5.32 Å². The van der Waals surface area contributed by atoms with Crippen molar-refractivity contribution in [2.75, 3.05) is 6.61 Å². The number of rotatable bonds is 5. The van der Waals surface area contributed by atoms with E-state index in [4.69, 9.17) is 5.11 Å². The number of aliphatic hydroxyl groups excluding tert-OH is 1. The first-order chi connectivity index (χ1) is 9.95. The summed E-state index contributed by atoms with van der Waals surface area (Å²) < 4.78 is 0. The Hall–Kier alpha value is -1.79. The molecule has 3 nitrogen and oxygen atoms in total. The molecule has 0 aliphatic carbocycles. The summed E-state index contributed by atoms with van der Waals surface area (Å²) in [6.07, 6.45) is 0.487. The molecule has 3 heteroatoms. The van der Waals surface area contributed by atoms with Gasteiger partial charge in [0.2, 0.25) is 5.91 Å². The molecule has 1 aromatic rings. The van der Waals surface area contributed by atoms with Gasteiger partial charge in [0.15, 0.2) is 0 Å². The summed E-state index contributed by atoms with van der Waals surface area (Å²) in [6, 6.07) is 7.82. The number of carbonyl (C=O) groups excluding carboxylic acids is 1. The van der Waals surface area contributed by atoms with Crippen LogP contribution in [0.25, 0.3) is 0 Å². The summed E-state index contributed by atoms with van der Waals surface area (Å²) in [6.45, 7) is 8.12. The molecule has 0 saturated carbocycles. The number of nitrogens with one attached hydrogen (secondary N) is 1. The highest BCUT2D eigenvalue weighted by atomic mass is 16.2. The fraction of sp³-hybridized carbons (Fsp3) is 0.500. The van der Waals surface area contributed by atoms with Crippen LogP contribution in [0, 0.1) is 23.7 Å². The van der Waals surface area contributed by atoms with Gasteiger partial charge >= 0.3 is 0 Å². The average molecular weight is 287 g/mol. The van der Waals surface area contributed by atoms with Gasteiger partial charge in [-0.2, -0.15) is 0 Å². The lowest BCUT2D eigenvalue weighted by molar-refractivity contribution is -0.126. The largest absolute Gasteiger partial charge is 0.395 e. The van der Waals surface area contributed by atoms with E-state index in [1.807, 2.05) is 38.1 Å².